The Morgan fingerprint density at radius 2 is 1.84 bits per heavy atom. The van der Waals surface area contributed by atoms with Gasteiger partial charge in [0, 0.05) is 17.8 Å². The summed E-state index contributed by atoms with van der Waals surface area (Å²) >= 11 is 0. The fraction of sp³-hybridized carbons (Fsp3) is 0.462. The molecule has 0 aliphatic carbocycles. The number of benzene rings is 1. The van der Waals surface area contributed by atoms with Crippen molar-refractivity contribution >= 4 is 17.3 Å². The molecule has 1 aromatic rings. The van der Waals surface area contributed by atoms with E-state index in [2.05, 4.69) is 5.32 Å². The molecular weight excluding hydrogens is 264 g/mol. The summed E-state index contributed by atoms with van der Waals surface area (Å²) in [4.78, 5) is 11.9. The lowest BCUT2D eigenvalue weighted by atomic mass is 10.3. The Bertz CT molecular complexity index is 392. The van der Waals surface area contributed by atoms with Crippen molar-refractivity contribution in [2.24, 2.45) is 5.73 Å². The summed E-state index contributed by atoms with van der Waals surface area (Å²) in [6.07, 6.45) is 0.919. The van der Waals surface area contributed by atoms with Crippen molar-refractivity contribution in [3.63, 3.8) is 0 Å². The van der Waals surface area contributed by atoms with Crippen LogP contribution in [0.1, 0.15) is 6.42 Å². The number of rotatable bonds is 6. The maximum Gasteiger partial charge on any atom is 0.279 e. The van der Waals surface area contributed by atoms with Crippen LogP contribution in [-0.2, 0) is 4.79 Å². The lowest BCUT2D eigenvalue weighted by molar-refractivity contribution is -0.882. The number of nitrogens with one attached hydrogen (secondary N) is 1. The Kier molecular flexibility index (Phi) is 7.44. The zero-order valence-corrected chi connectivity index (χ0v) is 12.3. The molecule has 19 heavy (non-hydrogen) atoms. The van der Waals surface area contributed by atoms with E-state index in [-0.39, 0.29) is 18.3 Å². The number of nitrogen functional groups attached to an aromatic ring is 1. The maximum atomic E-state index is 11.9. The van der Waals surface area contributed by atoms with Crippen LogP contribution in [0.25, 0.3) is 0 Å². The van der Waals surface area contributed by atoms with Crippen molar-refractivity contribution in [2.75, 3.05) is 44.8 Å². The van der Waals surface area contributed by atoms with E-state index in [9.17, 15) is 4.79 Å². The number of hydrogen-bond acceptors (Lipinski definition) is 3. The number of anilines is 2. The van der Waals surface area contributed by atoms with Gasteiger partial charge in [-0.1, -0.05) is 0 Å². The molecule has 1 aromatic carbocycles. The lowest BCUT2D eigenvalue weighted by Gasteiger charge is -2.28. The minimum absolute atomic E-state index is 0. The standard InChI is InChI=1S/C13H22N4O.ClH/c1-17(2,9-3-8-14)10-13(18)16-12-6-4-11(15)5-7-12;/h4-7H,3,8-10,14-15H2,1-2H3;1H. The van der Waals surface area contributed by atoms with Crippen LogP contribution in [0.4, 0.5) is 11.4 Å². The zero-order valence-electron chi connectivity index (χ0n) is 11.5. The second kappa shape index (κ2) is 7.99. The SMILES string of the molecule is C[N+](C)(CCCN)CC(=O)Nc1ccc(N)cc1.[Cl-]. The predicted molar refractivity (Wildman–Crippen MR) is 75.0 cm³/mol. The van der Waals surface area contributed by atoms with Gasteiger partial charge in [0.25, 0.3) is 5.91 Å². The average Bonchev–Trinajstić information content (AvgIpc) is 2.29. The molecular formula is C13H23ClN4O. The highest BCUT2D eigenvalue weighted by Gasteiger charge is 2.19. The van der Waals surface area contributed by atoms with Gasteiger partial charge in [0.15, 0.2) is 6.54 Å². The van der Waals surface area contributed by atoms with Crippen molar-refractivity contribution in [1.29, 1.82) is 0 Å². The van der Waals surface area contributed by atoms with Crippen molar-refractivity contribution in [3.05, 3.63) is 24.3 Å². The molecule has 6 heteroatoms. The van der Waals surface area contributed by atoms with E-state index in [1.54, 1.807) is 24.3 Å². The van der Waals surface area contributed by atoms with Gasteiger partial charge in [-0.25, -0.2) is 0 Å². The topological polar surface area (TPSA) is 81.1 Å². The predicted octanol–water partition coefficient (Wildman–Crippen LogP) is -2.36. The van der Waals surface area contributed by atoms with Crippen LogP contribution in [0.5, 0.6) is 0 Å². The minimum Gasteiger partial charge on any atom is -1.00 e. The lowest BCUT2D eigenvalue weighted by Crippen LogP contribution is -3.00. The molecule has 0 bridgehead atoms. The summed E-state index contributed by atoms with van der Waals surface area (Å²) in [6, 6.07) is 7.13. The number of carbonyl (C=O) groups excluding carboxylic acids is 1. The largest absolute Gasteiger partial charge is 1.00 e. The molecule has 0 saturated carbocycles. The molecule has 5 nitrogen and oxygen atoms in total. The van der Waals surface area contributed by atoms with E-state index in [0.29, 0.717) is 23.3 Å². The van der Waals surface area contributed by atoms with Gasteiger partial charge in [-0.3, -0.25) is 4.79 Å². The first-order chi connectivity index (χ1) is 8.43. The van der Waals surface area contributed by atoms with Gasteiger partial charge in [0.2, 0.25) is 0 Å². The van der Waals surface area contributed by atoms with Crippen molar-refractivity contribution in [1.82, 2.24) is 0 Å². The Labute approximate surface area is 121 Å². The molecule has 0 radical (unpaired) electrons. The molecule has 108 valence electrons. The van der Waals surface area contributed by atoms with Gasteiger partial charge in [-0.05, 0) is 30.8 Å². The summed E-state index contributed by atoms with van der Waals surface area (Å²) in [5, 5.41) is 2.86. The number of carbonyl (C=O) groups is 1. The van der Waals surface area contributed by atoms with Crippen LogP contribution in [0.2, 0.25) is 0 Å². The molecule has 1 amide bonds. The summed E-state index contributed by atoms with van der Waals surface area (Å²) in [7, 11) is 4.05. The number of likely N-dealkylation sites (N-methyl/N-ethyl adjacent to an activating group) is 1. The Balaban J connectivity index is 0.00000324. The van der Waals surface area contributed by atoms with Crippen molar-refractivity contribution in [3.8, 4) is 0 Å². The van der Waals surface area contributed by atoms with E-state index in [4.69, 9.17) is 11.5 Å². The first-order valence-corrected chi connectivity index (χ1v) is 6.10. The number of hydrogen-bond donors (Lipinski definition) is 3. The summed E-state index contributed by atoms with van der Waals surface area (Å²) in [5.41, 5.74) is 12.5. The van der Waals surface area contributed by atoms with E-state index in [1.807, 2.05) is 14.1 Å². The quantitative estimate of drug-likeness (QED) is 0.404. The molecule has 0 aromatic heterocycles. The number of amides is 1. The Morgan fingerprint density at radius 3 is 2.37 bits per heavy atom. The van der Waals surface area contributed by atoms with E-state index in [1.165, 1.54) is 0 Å². The fourth-order valence-corrected chi connectivity index (χ4v) is 1.75. The zero-order chi connectivity index (χ0) is 13.6. The first kappa shape index (κ1) is 17.7. The Hall–Kier alpha value is -1.30. The van der Waals surface area contributed by atoms with Crippen LogP contribution in [0.15, 0.2) is 24.3 Å². The third kappa shape index (κ3) is 7.00. The maximum absolute atomic E-state index is 11.9. The molecule has 0 heterocycles. The second-order valence-corrected chi connectivity index (χ2v) is 5.13. The highest BCUT2D eigenvalue weighted by atomic mass is 35.5. The molecule has 0 atom stereocenters. The molecule has 5 N–H and O–H groups in total. The molecule has 0 spiro atoms. The first-order valence-electron chi connectivity index (χ1n) is 6.10. The van der Waals surface area contributed by atoms with E-state index in [0.717, 1.165) is 18.7 Å². The van der Waals surface area contributed by atoms with E-state index < -0.39 is 0 Å². The summed E-state index contributed by atoms with van der Waals surface area (Å²) < 4.78 is 0.637. The smallest absolute Gasteiger partial charge is 0.279 e. The Morgan fingerprint density at radius 1 is 1.26 bits per heavy atom. The molecule has 0 unspecified atom stereocenters. The third-order valence-electron chi connectivity index (χ3n) is 2.73. The minimum atomic E-state index is 0. The van der Waals surface area contributed by atoms with Crippen LogP contribution < -0.4 is 29.2 Å². The van der Waals surface area contributed by atoms with Crippen molar-refractivity contribution < 1.29 is 21.7 Å². The van der Waals surface area contributed by atoms with Crippen molar-refractivity contribution in [2.45, 2.75) is 6.42 Å². The summed E-state index contributed by atoms with van der Waals surface area (Å²) in [5.74, 6) is 0.00166. The monoisotopic (exact) mass is 286 g/mol. The van der Waals surface area contributed by atoms with Gasteiger partial charge in [-0.2, -0.15) is 0 Å². The van der Waals surface area contributed by atoms with Gasteiger partial charge in [0.1, 0.15) is 0 Å². The number of nitrogens with two attached hydrogens (primary N) is 2. The normalized spacial score (nSPS) is 10.7. The summed E-state index contributed by atoms with van der Waals surface area (Å²) in [6.45, 7) is 1.98. The van der Waals surface area contributed by atoms with Gasteiger partial charge in [-0.15, -0.1) is 0 Å². The number of nitrogens with zero attached hydrogens (tertiary/aromatic N) is 1. The molecule has 0 aliphatic rings. The number of halogens is 1. The highest BCUT2D eigenvalue weighted by molar-refractivity contribution is 5.91. The number of quaternary nitrogens is 1. The van der Waals surface area contributed by atoms with Crippen LogP contribution in [0, 0.1) is 0 Å². The molecule has 0 saturated heterocycles. The van der Waals surface area contributed by atoms with Gasteiger partial charge in [0.05, 0.1) is 20.6 Å². The highest BCUT2D eigenvalue weighted by Crippen LogP contribution is 2.10. The fourth-order valence-electron chi connectivity index (χ4n) is 1.75. The van der Waals surface area contributed by atoms with Crippen LogP contribution in [0.3, 0.4) is 0 Å². The van der Waals surface area contributed by atoms with E-state index >= 15 is 0 Å². The molecule has 0 aliphatic heterocycles. The van der Waals surface area contributed by atoms with Gasteiger partial charge >= 0.3 is 0 Å². The third-order valence-corrected chi connectivity index (χ3v) is 2.73. The van der Waals surface area contributed by atoms with Crippen LogP contribution in [-0.4, -0.2) is 44.1 Å². The average molecular weight is 287 g/mol. The second-order valence-electron chi connectivity index (χ2n) is 5.13. The molecule has 0 fully saturated rings. The van der Waals surface area contributed by atoms with Crippen LogP contribution >= 0.6 is 0 Å². The van der Waals surface area contributed by atoms with Gasteiger partial charge < -0.3 is 33.7 Å². The molecule has 1 rings (SSSR count).